The lowest BCUT2D eigenvalue weighted by molar-refractivity contribution is 0.0949. The second-order valence-corrected chi connectivity index (χ2v) is 6.26. The Morgan fingerprint density at radius 2 is 1.87 bits per heavy atom. The Labute approximate surface area is 141 Å². The quantitative estimate of drug-likeness (QED) is 0.853. The highest BCUT2D eigenvalue weighted by atomic mass is 79.9. The third kappa shape index (κ3) is 3.96. The fraction of sp³-hybridized carbons (Fsp3) is 0.176. The Morgan fingerprint density at radius 3 is 2.61 bits per heavy atom. The molecule has 1 aliphatic carbocycles. The monoisotopic (exact) mass is 376 g/mol. The average Bonchev–Trinajstić information content (AvgIpc) is 3.34. The minimum absolute atomic E-state index is 0.157. The van der Waals surface area contributed by atoms with Crippen molar-refractivity contribution >= 4 is 33.4 Å². The molecule has 1 fully saturated rings. The van der Waals surface area contributed by atoms with E-state index in [2.05, 4.69) is 26.6 Å². The standard InChI is InChI=1S/C17H14BrFN2O2/c18-15-7-4-11(19)9-14(15)17(23)21-13-3-1-2-10(8-13)16(22)20-12-5-6-12/h1-4,7-9,12H,5-6H2,(H,20,22)(H,21,23). The van der Waals surface area contributed by atoms with E-state index in [1.54, 1.807) is 24.3 Å². The third-order valence-corrected chi connectivity index (χ3v) is 4.16. The topological polar surface area (TPSA) is 58.2 Å². The van der Waals surface area contributed by atoms with E-state index < -0.39 is 11.7 Å². The van der Waals surface area contributed by atoms with Gasteiger partial charge in [0.05, 0.1) is 5.56 Å². The van der Waals surface area contributed by atoms with E-state index in [0.29, 0.717) is 15.7 Å². The molecule has 0 atom stereocenters. The molecular formula is C17H14BrFN2O2. The molecule has 0 saturated heterocycles. The minimum Gasteiger partial charge on any atom is -0.349 e. The van der Waals surface area contributed by atoms with Crippen molar-refractivity contribution in [3.63, 3.8) is 0 Å². The van der Waals surface area contributed by atoms with Crippen molar-refractivity contribution in [3.05, 3.63) is 63.9 Å². The maximum atomic E-state index is 13.3. The van der Waals surface area contributed by atoms with Gasteiger partial charge < -0.3 is 10.6 Å². The van der Waals surface area contributed by atoms with Crippen molar-refractivity contribution in [2.45, 2.75) is 18.9 Å². The van der Waals surface area contributed by atoms with E-state index in [9.17, 15) is 14.0 Å². The van der Waals surface area contributed by atoms with Crippen LogP contribution in [0, 0.1) is 5.82 Å². The molecule has 0 heterocycles. The van der Waals surface area contributed by atoms with Crippen LogP contribution in [0.3, 0.4) is 0 Å². The van der Waals surface area contributed by atoms with Crippen molar-refractivity contribution < 1.29 is 14.0 Å². The SMILES string of the molecule is O=C(NC1CC1)c1cccc(NC(=O)c2cc(F)ccc2Br)c1. The predicted molar refractivity (Wildman–Crippen MR) is 89.0 cm³/mol. The number of halogens is 2. The molecule has 1 saturated carbocycles. The first-order valence-electron chi connectivity index (χ1n) is 7.20. The van der Waals surface area contributed by atoms with Gasteiger partial charge in [-0.05, 0) is 65.2 Å². The van der Waals surface area contributed by atoms with Gasteiger partial charge in [-0.15, -0.1) is 0 Å². The number of carbonyl (C=O) groups is 2. The zero-order valence-electron chi connectivity index (χ0n) is 12.1. The second-order valence-electron chi connectivity index (χ2n) is 5.41. The van der Waals surface area contributed by atoms with Crippen LogP contribution in [0.2, 0.25) is 0 Å². The summed E-state index contributed by atoms with van der Waals surface area (Å²) in [6.07, 6.45) is 2.02. The normalized spacial score (nSPS) is 13.5. The first-order chi connectivity index (χ1) is 11.0. The number of hydrogen-bond acceptors (Lipinski definition) is 2. The summed E-state index contributed by atoms with van der Waals surface area (Å²) in [7, 11) is 0. The molecule has 0 aliphatic heterocycles. The zero-order valence-corrected chi connectivity index (χ0v) is 13.7. The van der Waals surface area contributed by atoms with Gasteiger partial charge in [-0.2, -0.15) is 0 Å². The van der Waals surface area contributed by atoms with Gasteiger partial charge in [0.1, 0.15) is 5.82 Å². The molecule has 4 nitrogen and oxygen atoms in total. The van der Waals surface area contributed by atoms with Crippen LogP contribution in [0.1, 0.15) is 33.6 Å². The van der Waals surface area contributed by atoms with Gasteiger partial charge in [-0.1, -0.05) is 6.07 Å². The Hall–Kier alpha value is -2.21. The molecule has 2 aromatic rings. The molecule has 2 aromatic carbocycles. The predicted octanol–water partition coefficient (Wildman–Crippen LogP) is 3.73. The Balaban J connectivity index is 1.75. The van der Waals surface area contributed by atoms with Crippen LogP contribution in [-0.2, 0) is 0 Å². The van der Waals surface area contributed by atoms with E-state index in [1.165, 1.54) is 12.1 Å². The fourth-order valence-corrected chi connectivity index (χ4v) is 2.53. The largest absolute Gasteiger partial charge is 0.349 e. The van der Waals surface area contributed by atoms with Gasteiger partial charge in [-0.25, -0.2) is 4.39 Å². The molecule has 3 rings (SSSR count). The van der Waals surface area contributed by atoms with Crippen LogP contribution in [0.15, 0.2) is 46.9 Å². The first-order valence-corrected chi connectivity index (χ1v) is 7.99. The van der Waals surface area contributed by atoms with Crippen molar-refractivity contribution in [1.82, 2.24) is 5.32 Å². The summed E-state index contributed by atoms with van der Waals surface area (Å²) >= 11 is 3.22. The Kier molecular flexibility index (Phi) is 4.43. The van der Waals surface area contributed by atoms with Gasteiger partial charge >= 0.3 is 0 Å². The molecule has 2 amide bonds. The van der Waals surface area contributed by atoms with Crippen molar-refractivity contribution in [2.24, 2.45) is 0 Å². The molecule has 2 N–H and O–H groups in total. The van der Waals surface area contributed by atoms with Crippen LogP contribution in [-0.4, -0.2) is 17.9 Å². The molecular weight excluding hydrogens is 363 g/mol. The summed E-state index contributed by atoms with van der Waals surface area (Å²) in [4.78, 5) is 24.3. The molecule has 23 heavy (non-hydrogen) atoms. The number of carbonyl (C=O) groups excluding carboxylic acids is 2. The summed E-state index contributed by atoms with van der Waals surface area (Å²) < 4.78 is 13.8. The molecule has 6 heteroatoms. The molecule has 0 aromatic heterocycles. The summed E-state index contributed by atoms with van der Waals surface area (Å²) in [6, 6.07) is 10.8. The zero-order chi connectivity index (χ0) is 16.4. The van der Waals surface area contributed by atoms with Crippen LogP contribution >= 0.6 is 15.9 Å². The minimum atomic E-state index is -0.490. The van der Waals surface area contributed by atoms with Gasteiger partial charge in [0.2, 0.25) is 0 Å². The number of rotatable bonds is 4. The molecule has 1 aliphatic rings. The average molecular weight is 377 g/mol. The van der Waals surface area contributed by atoms with Gasteiger partial charge in [0, 0.05) is 21.8 Å². The summed E-state index contributed by atoms with van der Waals surface area (Å²) in [5, 5.41) is 5.57. The molecule has 0 radical (unpaired) electrons. The Morgan fingerprint density at radius 1 is 1.09 bits per heavy atom. The van der Waals surface area contributed by atoms with Crippen molar-refractivity contribution in [3.8, 4) is 0 Å². The van der Waals surface area contributed by atoms with Crippen LogP contribution in [0.25, 0.3) is 0 Å². The van der Waals surface area contributed by atoms with Crippen molar-refractivity contribution in [2.75, 3.05) is 5.32 Å². The van der Waals surface area contributed by atoms with E-state index in [4.69, 9.17) is 0 Å². The summed E-state index contributed by atoms with van der Waals surface area (Å²) in [5.41, 5.74) is 1.15. The highest BCUT2D eigenvalue weighted by Gasteiger charge is 2.23. The first kappa shape index (κ1) is 15.7. The number of hydrogen-bond donors (Lipinski definition) is 2. The second kappa shape index (κ2) is 6.50. The van der Waals surface area contributed by atoms with E-state index in [-0.39, 0.29) is 17.5 Å². The Bertz CT molecular complexity index is 775. The van der Waals surface area contributed by atoms with Crippen LogP contribution < -0.4 is 10.6 Å². The van der Waals surface area contributed by atoms with Gasteiger partial charge in [-0.3, -0.25) is 9.59 Å². The smallest absolute Gasteiger partial charge is 0.256 e. The summed E-state index contributed by atoms with van der Waals surface area (Å²) in [5.74, 6) is -1.09. The highest BCUT2D eigenvalue weighted by Crippen LogP contribution is 2.21. The van der Waals surface area contributed by atoms with E-state index >= 15 is 0 Å². The van der Waals surface area contributed by atoms with Crippen LogP contribution in [0.5, 0.6) is 0 Å². The number of amides is 2. The van der Waals surface area contributed by atoms with Crippen LogP contribution in [0.4, 0.5) is 10.1 Å². The third-order valence-electron chi connectivity index (χ3n) is 3.47. The molecule has 0 spiro atoms. The maximum absolute atomic E-state index is 13.3. The maximum Gasteiger partial charge on any atom is 0.256 e. The molecule has 118 valence electrons. The number of benzene rings is 2. The highest BCUT2D eigenvalue weighted by molar-refractivity contribution is 9.10. The molecule has 0 bridgehead atoms. The van der Waals surface area contributed by atoms with E-state index in [1.807, 2.05) is 0 Å². The molecule has 0 unspecified atom stereocenters. The lowest BCUT2D eigenvalue weighted by Crippen LogP contribution is -2.25. The number of nitrogens with one attached hydrogen (secondary N) is 2. The number of anilines is 1. The van der Waals surface area contributed by atoms with Gasteiger partial charge in [0.25, 0.3) is 11.8 Å². The summed E-state index contributed by atoms with van der Waals surface area (Å²) in [6.45, 7) is 0. The lowest BCUT2D eigenvalue weighted by atomic mass is 10.1. The lowest BCUT2D eigenvalue weighted by Gasteiger charge is -2.09. The van der Waals surface area contributed by atoms with E-state index in [0.717, 1.165) is 18.9 Å². The van der Waals surface area contributed by atoms with Crippen molar-refractivity contribution in [1.29, 1.82) is 0 Å². The fourth-order valence-electron chi connectivity index (χ4n) is 2.10. The van der Waals surface area contributed by atoms with Gasteiger partial charge in [0.15, 0.2) is 0 Å².